The molecule has 0 unspecified atom stereocenters. The van der Waals surface area contributed by atoms with Crippen molar-refractivity contribution in [2.24, 2.45) is 0 Å². The minimum atomic E-state index is -0.192. The van der Waals surface area contributed by atoms with Crippen molar-refractivity contribution in [3.63, 3.8) is 0 Å². The highest BCUT2D eigenvalue weighted by atomic mass is 32.2. The number of carbonyl (C=O) groups excluding carboxylic acids is 2. The summed E-state index contributed by atoms with van der Waals surface area (Å²) in [7, 11) is 0. The van der Waals surface area contributed by atoms with E-state index in [2.05, 4.69) is 0 Å². The number of thiophene rings is 1. The van der Waals surface area contributed by atoms with Crippen molar-refractivity contribution in [2.75, 3.05) is 32.6 Å². The average Bonchev–Trinajstić information content (AvgIpc) is 3.31. The molecule has 33 heavy (non-hydrogen) atoms. The summed E-state index contributed by atoms with van der Waals surface area (Å²) in [6, 6.07) is 12.7. The molecule has 3 aromatic rings. The predicted octanol–water partition coefficient (Wildman–Crippen LogP) is 5.80. The standard InChI is InChI=1S/C25H26O6S2/c1-3-28-16-30-20-8-6-19(7-9-20)22(26)15-33-25(27)10-5-18-13-23(31-17-29-4-2)21-11-12-32-24(21)14-18/h5-14H,3-4,15-17H2,1-2H3/b10-5+. The molecule has 0 bridgehead atoms. The third kappa shape index (κ3) is 7.71. The predicted molar refractivity (Wildman–Crippen MR) is 133 cm³/mol. The van der Waals surface area contributed by atoms with Crippen LogP contribution in [0.2, 0.25) is 0 Å². The summed E-state index contributed by atoms with van der Waals surface area (Å²) in [5, 5.41) is 2.82. The zero-order valence-corrected chi connectivity index (χ0v) is 20.2. The minimum Gasteiger partial charge on any atom is -0.468 e. The van der Waals surface area contributed by atoms with Crippen LogP contribution in [0, 0.1) is 0 Å². The molecule has 6 nitrogen and oxygen atoms in total. The van der Waals surface area contributed by atoms with Crippen molar-refractivity contribution in [1.29, 1.82) is 0 Å². The molecule has 3 rings (SSSR count). The van der Waals surface area contributed by atoms with E-state index in [1.54, 1.807) is 41.7 Å². The lowest BCUT2D eigenvalue weighted by Gasteiger charge is -2.08. The van der Waals surface area contributed by atoms with Gasteiger partial charge in [-0.15, -0.1) is 11.3 Å². The van der Waals surface area contributed by atoms with Gasteiger partial charge < -0.3 is 18.9 Å². The van der Waals surface area contributed by atoms with Gasteiger partial charge in [-0.25, -0.2) is 0 Å². The smallest absolute Gasteiger partial charge is 0.212 e. The van der Waals surface area contributed by atoms with E-state index >= 15 is 0 Å². The lowest BCUT2D eigenvalue weighted by atomic mass is 10.1. The Labute approximate surface area is 201 Å². The third-order valence-electron chi connectivity index (χ3n) is 4.50. The number of benzene rings is 2. The summed E-state index contributed by atoms with van der Waals surface area (Å²) in [5.74, 6) is 1.28. The SMILES string of the molecule is CCOCOc1ccc(C(=O)CSC(=O)/C=C/c2cc(OCOCC)c3ccsc3c2)cc1. The number of carbonyl (C=O) groups is 2. The van der Waals surface area contributed by atoms with Gasteiger partial charge in [0.2, 0.25) is 5.12 Å². The number of ether oxygens (including phenoxy) is 4. The maximum atomic E-state index is 12.4. The van der Waals surface area contributed by atoms with Gasteiger partial charge in [0.1, 0.15) is 11.5 Å². The lowest BCUT2D eigenvalue weighted by Crippen LogP contribution is -2.05. The van der Waals surface area contributed by atoms with Crippen LogP contribution >= 0.6 is 23.1 Å². The van der Waals surface area contributed by atoms with E-state index in [0.717, 1.165) is 27.4 Å². The summed E-state index contributed by atoms with van der Waals surface area (Å²) in [6.07, 6.45) is 3.21. The van der Waals surface area contributed by atoms with Crippen LogP contribution in [-0.4, -0.2) is 43.5 Å². The van der Waals surface area contributed by atoms with Crippen molar-refractivity contribution >= 4 is 50.2 Å². The first-order valence-electron chi connectivity index (χ1n) is 10.5. The molecule has 0 aliphatic carbocycles. The van der Waals surface area contributed by atoms with E-state index in [9.17, 15) is 9.59 Å². The number of thioether (sulfide) groups is 1. The van der Waals surface area contributed by atoms with E-state index in [1.807, 2.05) is 37.4 Å². The van der Waals surface area contributed by atoms with Crippen LogP contribution in [0.4, 0.5) is 0 Å². The highest BCUT2D eigenvalue weighted by Crippen LogP contribution is 2.32. The lowest BCUT2D eigenvalue weighted by molar-refractivity contribution is -0.107. The fraction of sp³-hybridized carbons (Fsp3) is 0.280. The second kappa shape index (κ2) is 13.2. The Kier molecular flexibility index (Phi) is 9.96. The number of Topliss-reactive ketones (excluding diaryl/α,β-unsaturated/α-hetero) is 1. The van der Waals surface area contributed by atoms with E-state index in [-0.39, 0.29) is 30.2 Å². The molecule has 8 heteroatoms. The zero-order chi connectivity index (χ0) is 23.5. The van der Waals surface area contributed by atoms with Gasteiger partial charge in [-0.05, 0) is 73.3 Å². The molecule has 0 radical (unpaired) electrons. The summed E-state index contributed by atoms with van der Waals surface area (Å²) < 4.78 is 22.6. The van der Waals surface area contributed by atoms with E-state index in [4.69, 9.17) is 18.9 Å². The molecule has 0 saturated carbocycles. The molecule has 0 aliphatic rings. The quantitative estimate of drug-likeness (QED) is 0.131. The summed E-state index contributed by atoms with van der Waals surface area (Å²) in [4.78, 5) is 24.7. The van der Waals surface area contributed by atoms with Gasteiger partial charge in [0.25, 0.3) is 0 Å². The Morgan fingerprint density at radius 1 is 0.970 bits per heavy atom. The maximum Gasteiger partial charge on any atom is 0.212 e. The fourth-order valence-electron chi connectivity index (χ4n) is 2.83. The summed E-state index contributed by atoms with van der Waals surface area (Å²) in [5.41, 5.74) is 1.38. The maximum absolute atomic E-state index is 12.4. The Balaban J connectivity index is 1.54. The Hall–Kier alpha value is -2.65. The molecule has 1 heterocycles. The first kappa shape index (κ1) is 25.0. The molecular formula is C25H26O6S2. The van der Waals surface area contributed by atoms with Crippen molar-refractivity contribution in [3.8, 4) is 11.5 Å². The van der Waals surface area contributed by atoms with Crippen LogP contribution in [0.5, 0.6) is 11.5 Å². The van der Waals surface area contributed by atoms with Gasteiger partial charge in [0.05, 0.1) is 5.75 Å². The molecule has 0 atom stereocenters. The highest BCUT2D eigenvalue weighted by Gasteiger charge is 2.10. The summed E-state index contributed by atoms with van der Waals surface area (Å²) >= 11 is 2.57. The Morgan fingerprint density at radius 2 is 1.70 bits per heavy atom. The van der Waals surface area contributed by atoms with Crippen LogP contribution in [0.3, 0.4) is 0 Å². The monoisotopic (exact) mass is 486 g/mol. The first-order valence-corrected chi connectivity index (χ1v) is 12.4. The van der Waals surface area contributed by atoms with Crippen LogP contribution in [0.15, 0.2) is 53.9 Å². The number of fused-ring (bicyclic) bond motifs is 1. The Morgan fingerprint density at radius 3 is 2.42 bits per heavy atom. The van der Waals surface area contributed by atoms with E-state index in [0.29, 0.717) is 30.3 Å². The van der Waals surface area contributed by atoms with Crippen molar-refractivity contribution in [3.05, 3.63) is 65.0 Å². The van der Waals surface area contributed by atoms with Gasteiger partial charge in [-0.1, -0.05) is 17.8 Å². The fourth-order valence-corrected chi connectivity index (χ4v) is 4.28. The largest absolute Gasteiger partial charge is 0.468 e. The molecular weight excluding hydrogens is 460 g/mol. The van der Waals surface area contributed by atoms with Gasteiger partial charge in [0, 0.05) is 28.9 Å². The number of ketones is 1. The molecule has 0 fully saturated rings. The van der Waals surface area contributed by atoms with Crippen LogP contribution in [-0.2, 0) is 14.3 Å². The number of rotatable bonds is 13. The minimum absolute atomic E-state index is 0.0645. The third-order valence-corrected chi connectivity index (χ3v) is 6.20. The molecule has 0 amide bonds. The van der Waals surface area contributed by atoms with Gasteiger partial charge in [-0.3, -0.25) is 9.59 Å². The van der Waals surface area contributed by atoms with Gasteiger partial charge in [-0.2, -0.15) is 0 Å². The average molecular weight is 487 g/mol. The van der Waals surface area contributed by atoms with Crippen molar-refractivity contribution < 1.29 is 28.5 Å². The number of hydrogen-bond donors (Lipinski definition) is 0. The molecule has 174 valence electrons. The van der Waals surface area contributed by atoms with Crippen LogP contribution in [0.25, 0.3) is 16.2 Å². The molecule has 2 aromatic carbocycles. The van der Waals surface area contributed by atoms with Gasteiger partial charge in [0.15, 0.2) is 19.4 Å². The van der Waals surface area contributed by atoms with Crippen LogP contribution < -0.4 is 9.47 Å². The topological polar surface area (TPSA) is 71.1 Å². The number of hydrogen-bond acceptors (Lipinski definition) is 8. The van der Waals surface area contributed by atoms with Crippen LogP contribution in [0.1, 0.15) is 29.8 Å². The molecule has 1 aromatic heterocycles. The van der Waals surface area contributed by atoms with E-state index < -0.39 is 0 Å². The molecule has 0 aliphatic heterocycles. The first-order chi connectivity index (χ1) is 16.1. The Bertz CT molecular complexity index is 1090. The second-order valence-corrected chi connectivity index (χ2v) is 8.68. The summed E-state index contributed by atoms with van der Waals surface area (Å²) in [6.45, 7) is 5.27. The molecule has 0 N–H and O–H groups in total. The van der Waals surface area contributed by atoms with E-state index in [1.165, 1.54) is 6.08 Å². The highest BCUT2D eigenvalue weighted by molar-refractivity contribution is 8.14. The molecule has 0 saturated heterocycles. The van der Waals surface area contributed by atoms with Gasteiger partial charge >= 0.3 is 0 Å². The zero-order valence-electron chi connectivity index (χ0n) is 18.6. The second-order valence-electron chi connectivity index (χ2n) is 6.75. The normalized spacial score (nSPS) is 11.2. The molecule has 0 spiro atoms. The van der Waals surface area contributed by atoms with Crippen molar-refractivity contribution in [2.45, 2.75) is 13.8 Å². The van der Waals surface area contributed by atoms with Crippen molar-refractivity contribution in [1.82, 2.24) is 0 Å².